The van der Waals surface area contributed by atoms with Gasteiger partial charge < -0.3 is 9.80 Å². The van der Waals surface area contributed by atoms with Gasteiger partial charge in [0, 0.05) is 39.5 Å². The Bertz CT molecular complexity index is 3030. The summed E-state index contributed by atoms with van der Waals surface area (Å²) in [6.07, 6.45) is 34.9. The Morgan fingerprint density at radius 1 is 0.463 bits per heavy atom. The maximum Gasteiger partial charge on any atom is 0.0462 e. The van der Waals surface area contributed by atoms with E-state index in [2.05, 4.69) is 247 Å². The zero-order chi connectivity index (χ0) is 56.2. The van der Waals surface area contributed by atoms with Crippen molar-refractivity contribution in [2.75, 3.05) is 9.80 Å². The van der Waals surface area contributed by atoms with Gasteiger partial charge in [0.2, 0.25) is 0 Å². The lowest BCUT2D eigenvalue weighted by molar-refractivity contribution is 0.396. The van der Waals surface area contributed by atoms with E-state index in [0.29, 0.717) is 0 Å². The molecule has 0 atom stereocenters. The van der Waals surface area contributed by atoms with Crippen molar-refractivity contribution in [3.05, 3.63) is 223 Å². The number of rotatable bonds is 32. The highest BCUT2D eigenvalue weighted by Gasteiger charge is 2.43. The van der Waals surface area contributed by atoms with Gasteiger partial charge in [-0.15, -0.1) is 0 Å². The Morgan fingerprint density at radius 2 is 0.925 bits per heavy atom. The number of allylic oxidation sites excluding steroid dienone is 4. The molecule has 7 aromatic carbocycles. The normalized spacial score (nSPS) is 12.9. The van der Waals surface area contributed by atoms with E-state index in [9.17, 15) is 0 Å². The second kappa shape index (κ2) is 29.7. The monoisotopic (exact) mass is 1060 g/mol. The molecule has 0 heterocycles. The number of anilines is 5. The summed E-state index contributed by atoms with van der Waals surface area (Å²) in [4.78, 5) is 4.75. The molecule has 0 N–H and O–H groups in total. The lowest BCUT2D eigenvalue weighted by Crippen LogP contribution is -2.26. The van der Waals surface area contributed by atoms with E-state index in [1.807, 2.05) is 6.08 Å². The van der Waals surface area contributed by atoms with E-state index in [0.717, 1.165) is 47.7 Å². The minimum Gasteiger partial charge on any atom is -0.311 e. The first-order valence-corrected chi connectivity index (χ1v) is 31.5. The summed E-state index contributed by atoms with van der Waals surface area (Å²) in [6, 6.07) is 62.7. The Morgan fingerprint density at radius 3 is 1.46 bits per heavy atom. The van der Waals surface area contributed by atoms with Crippen LogP contribution < -0.4 is 9.80 Å². The van der Waals surface area contributed by atoms with Crippen LogP contribution >= 0.6 is 0 Å². The van der Waals surface area contributed by atoms with Crippen molar-refractivity contribution in [2.24, 2.45) is 0 Å². The number of para-hydroxylation sites is 1. The van der Waals surface area contributed by atoms with Crippen LogP contribution in [0.3, 0.4) is 0 Å². The topological polar surface area (TPSA) is 6.48 Å². The van der Waals surface area contributed by atoms with E-state index in [4.69, 9.17) is 0 Å². The van der Waals surface area contributed by atoms with Crippen molar-refractivity contribution in [2.45, 2.75) is 194 Å². The standard InChI is InChI=1S/C78H96N2/c1-9-15-19-22-24-30-57-78(58-31-25-23-20-16-10-2)75-59-65(45-55-73(75)74-56-46-66(60-76(74)78)77(7,8)14-6)64-43-53-72(54-44-64)80(69-47-37-61(38-48-69)33-18-12-4)71-51-41-63(42-52-71)62-39-49-70(50-40-62)79(68-35-28-26-29-36-68)67(32-13-5)34-27-21-17-11-3/h13,26-29,32,34-56,59-60H,5,9-12,14-25,30-31,33,57-58H2,1-4,6-8H3/b34-27-,67-32+. The molecule has 0 fully saturated rings. The van der Waals surface area contributed by atoms with E-state index >= 15 is 0 Å². The number of nitrogens with zero attached hydrogens (tertiary/aromatic N) is 2. The molecule has 2 heteroatoms. The molecular formula is C78H96N2. The molecule has 0 amide bonds. The average molecular weight is 1060 g/mol. The van der Waals surface area contributed by atoms with Crippen LogP contribution in [0.2, 0.25) is 0 Å². The molecule has 0 aliphatic heterocycles. The van der Waals surface area contributed by atoms with E-state index < -0.39 is 0 Å². The van der Waals surface area contributed by atoms with Gasteiger partial charge >= 0.3 is 0 Å². The number of hydrogen-bond acceptors (Lipinski definition) is 2. The fourth-order valence-corrected chi connectivity index (χ4v) is 12.3. The Labute approximate surface area is 485 Å². The zero-order valence-corrected chi connectivity index (χ0v) is 50.3. The molecule has 2 nitrogen and oxygen atoms in total. The van der Waals surface area contributed by atoms with Crippen LogP contribution in [0, 0.1) is 0 Å². The third-order valence-electron chi connectivity index (χ3n) is 17.6. The second-order valence-electron chi connectivity index (χ2n) is 23.7. The Hall–Kier alpha value is -6.64. The second-order valence-corrected chi connectivity index (χ2v) is 23.7. The van der Waals surface area contributed by atoms with Gasteiger partial charge in [0.25, 0.3) is 0 Å². The molecule has 0 unspecified atom stereocenters. The van der Waals surface area contributed by atoms with Crippen molar-refractivity contribution in [3.8, 4) is 33.4 Å². The minimum absolute atomic E-state index is 0.0181. The Balaban J connectivity index is 1.12. The summed E-state index contributed by atoms with van der Waals surface area (Å²) < 4.78 is 0. The highest BCUT2D eigenvalue weighted by molar-refractivity contribution is 5.86. The molecule has 7 aromatic rings. The summed E-state index contributed by atoms with van der Waals surface area (Å²) in [7, 11) is 0. The number of benzene rings is 7. The van der Waals surface area contributed by atoms with Gasteiger partial charge in [-0.05, 0) is 178 Å². The van der Waals surface area contributed by atoms with Crippen molar-refractivity contribution >= 4 is 28.4 Å². The molecule has 418 valence electrons. The SMILES string of the molecule is C=C/C=C(\C=C/CCCC)N(c1ccccc1)c1ccc(-c2ccc(N(c3ccc(CCCC)cc3)c3ccc(-c4ccc5c(c4)C(CCCCCCCC)(CCCCCCCC)c4cc(C(C)(C)CC)ccc4-5)cc3)cc2)cc1. The average Bonchev–Trinajstić information content (AvgIpc) is 3.83. The zero-order valence-electron chi connectivity index (χ0n) is 50.3. The van der Waals surface area contributed by atoms with Crippen LogP contribution in [0.25, 0.3) is 33.4 Å². The first-order valence-electron chi connectivity index (χ1n) is 31.5. The molecule has 1 aliphatic rings. The maximum atomic E-state index is 4.08. The van der Waals surface area contributed by atoms with Crippen LogP contribution in [0.1, 0.15) is 199 Å². The van der Waals surface area contributed by atoms with E-state index in [1.165, 1.54) is 166 Å². The van der Waals surface area contributed by atoms with Crippen LogP contribution in [-0.2, 0) is 17.3 Å². The van der Waals surface area contributed by atoms with Crippen LogP contribution in [0.4, 0.5) is 28.4 Å². The van der Waals surface area contributed by atoms with Gasteiger partial charge in [-0.1, -0.05) is 261 Å². The molecule has 0 saturated carbocycles. The van der Waals surface area contributed by atoms with Crippen LogP contribution in [-0.4, -0.2) is 0 Å². The van der Waals surface area contributed by atoms with Gasteiger partial charge in [0.15, 0.2) is 0 Å². The van der Waals surface area contributed by atoms with Gasteiger partial charge in [-0.3, -0.25) is 0 Å². The molecule has 80 heavy (non-hydrogen) atoms. The molecule has 1 aliphatic carbocycles. The van der Waals surface area contributed by atoms with Crippen molar-refractivity contribution < 1.29 is 0 Å². The first kappa shape index (κ1) is 59.5. The fourth-order valence-electron chi connectivity index (χ4n) is 12.3. The highest BCUT2D eigenvalue weighted by atomic mass is 15.1. The molecule has 0 aromatic heterocycles. The smallest absolute Gasteiger partial charge is 0.0462 e. The summed E-state index contributed by atoms with van der Waals surface area (Å²) in [5, 5.41) is 0. The Kier molecular flexibility index (Phi) is 22.1. The molecule has 0 spiro atoms. The van der Waals surface area contributed by atoms with Crippen molar-refractivity contribution in [1.82, 2.24) is 0 Å². The first-order chi connectivity index (χ1) is 39.2. The third-order valence-corrected chi connectivity index (χ3v) is 17.6. The lowest BCUT2D eigenvalue weighted by atomic mass is 9.69. The summed E-state index contributed by atoms with van der Waals surface area (Å²) >= 11 is 0. The largest absolute Gasteiger partial charge is 0.311 e. The number of unbranched alkanes of at least 4 members (excludes halogenated alkanes) is 13. The number of fused-ring (bicyclic) bond motifs is 3. The predicted molar refractivity (Wildman–Crippen MR) is 352 cm³/mol. The number of hydrogen-bond donors (Lipinski definition) is 0. The molecule has 0 bridgehead atoms. The molecule has 8 rings (SSSR count). The lowest BCUT2D eigenvalue weighted by Gasteiger charge is -2.34. The minimum atomic E-state index is 0.0181. The van der Waals surface area contributed by atoms with Crippen LogP contribution in [0.5, 0.6) is 0 Å². The van der Waals surface area contributed by atoms with E-state index in [-0.39, 0.29) is 10.8 Å². The fraction of sp³-hybridized carbons (Fsp3) is 0.385. The van der Waals surface area contributed by atoms with Crippen molar-refractivity contribution in [1.29, 1.82) is 0 Å². The van der Waals surface area contributed by atoms with Gasteiger partial charge in [0.1, 0.15) is 0 Å². The van der Waals surface area contributed by atoms with E-state index in [1.54, 1.807) is 11.1 Å². The maximum absolute atomic E-state index is 4.08. The summed E-state index contributed by atoms with van der Waals surface area (Å²) in [5.41, 5.74) is 20.9. The quantitative estimate of drug-likeness (QED) is 0.0306. The third kappa shape index (κ3) is 14.6. The summed E-state index contributed by atoms with van der Waals surface area (Å²) in [5.74, 6) is 0. The van der Waals surface area contributed by atoms with Gasteiger partial charge in [-0.2, -0.15) is 0 Å². The molecular weight excluding hydrogens is 965 g/mol. The van der Waals surface area contributed by atoms with Gasteiger partial charge in [-0.25, -0.2) is 0 Å². The molecule has 0 saturated heterocycles. The predicted octanol–water partition coefficient (Wildman–Crippen LogP) is 24.2. The van der Waals surface area contributed by atoms with Crippen LogP contribution in [0.15, 0.2) is 200 Å². The van der Waals surface area contributed by atoms with Gasteiger partial charge in [0.05, 0.1) is 0 Å². The number of aryl methyl sites for hydroxylation is 1. The highest BCUT2D eigenvalue weighted by Crippen LogP contribution is 2.56. The summed E-state index contributed by atoms with van der Waals surface area (Å²) in [6.45, 7) is 20.5. The molecule has 0 radical (unpaired) electrons. The van der Waals surface area contributed by atoms with Crippen molar-refractivity contribution in [3.63, 3.8) is 0 Å².